The second-order valence-corrected chi connectivity index (χ2v) is 4.03. The van der Waals surface area contributed by atoms with Crippen LogP contribution >= 0.6 is 0 Å². The molecule has 0 aliphatic rings. The minimum atomic E-state index is -0.840. The van der Waals surface area contributed by atoms with E-state index in [4.69, 9.17) is 4.74 Å². The van der Waals surface area contributed by atoms with Gasteiger partial charge in [0.15, 0.2) is 11.6 Å². The fourth-order valence-corrected chi connectivity index (χ4v) is 1.64. The van der Waals surface area contributed by atoms with Gasteiger partial charge in [0.2, 0.25) is 5.75 Å². The van der Waals surface area contributed by atoms with Crippen LogP contribution in [0.15, 0.2) is 42.5 Å². The van der Waals surface area contributed by atoms with E-state index in [-0.39, 0.29) is 11.5 Å². The lowest BCUT2D eigenvalue weighted by atomic mass is 10.1. The van der Waals surface area contributed by atoms with Gasteiger partial charge >= 0.3 is 5.69 Å². The molecule has 0 aromatic heterocycles. The summed E-state index contributed by atoms with van der Waals surface area (Å²) in [7, 11) is 0. The van der Waals surface area contributed by atoms with E-state index >= 15 is 0 Å². The summed E-state index contributed by atoms with van der Waals surface area (Å²) in [5.74, 6) is -1.34. The summed E-state index contributed by atoms with van der Waals surface area (Å²) >= 11 is 0. The molecule has 5 nitrogen and oxygen atoms in total. The van der Waals surface area contributed by atoms with Crippen LogP contribution in [0, 0.1) is 15.9 Å². The molecular formula is C14H10FNO4. The maximum Gasteiger partial charge on any atom is 0.314 e. The molecule has 0 spiro atoms. The molecule has 0 bridgehead atoms. The third-order valence-electron chi connectivity index (χ3n) is 2.60. The van der Waals surface area contributed by atoms with E-state index in [0.29, 0.717) is 5.56 Å². The van der Waals surface area contributed by atoms with Crippen molar-refractivity contribution >= 4 is 11.5 Å². The monoisotopic (exact) mass is 275 g/mol. The summed E-state index contributed by atoms with van der Waals surface area (Å²) in [6.45, 7) is 1.38. The Morgan fingerprint density at radius 1 is 1.25 bits per heavy atom. The predicted molar refractivity (Wildman–Crippen MR) is 69.6 cm³/mol. The maximum atomic E-state index is 13.7. The normalized spacial score (nSPS) is 10.1. The van der Waals surface area contributed by atoms with Crippen molar-refractivity contribution in [2.45, 2.75) is 6.92 Å². The Labute approximate surface area is 113 Å². The number of para-hydroxylation sites is 1. The fraction of sp³-hybridized carbons (Fsp3) is 0.0714. The fourth-order valence-electron chi connectivity index (χ4n) is 1.64. The molecule has 2 aromatic carbocycles. The molecule has 0 unspecified atom stereocenters. The Morgan fingerprint density at radius 2 is 1.95 bits per heavy atom. The molecular weight excluding hydrogens is 265 g/mol. The highest BCUT2D eigenvalue weighted by atomic mass is 19.1. The first kappa shape index (κ1) is 13.7. The van der Waals surface area contributed by atoms with Gasteiger partial charge in [-0.25, -0.2) is 4.39 Å². The highest BCUT2D eigenvalue weighted by molar-refractivity contribution is 5.94. The molecule has 102 valence electrons. The predicted octanol–water partition coefficient (Wildman–Crippen LogP) is 3.73. The Morgan fingerprint density at radius 3 is 2.60 bits per heavy atom. The largest absolute Gasteiger partial charge is 0.447 e. The van der Waals surface area contributed by atoms with Crippen molar-refractivity contribution in [1.82, 2.24) is 0 Å². The lowest BCUT2D eigenvalue weighted by molar-refractivity contribution is -0.385. The Kier molecular flexibility index (Phi) is 3.74. The van der Waals surface area contributed by atoms with Crippen molar-refractivity contribution in [1.29, 1.82) is 0 Å². The van der Waals surface area contributed by atoms with Crippen molar-refractivity contribution in [3.63, 3.8) is 0 Å². The first-order chi connectivity index (χ1) is 9.49. The van der Waals surface area contributed by atoms with Gasteiger partial charge in [0, 0.05) is 11.6 Å². The van der Waals surface area contributed by atoms with Gasteiger partial charge in [-0.2, -0.15) is 0 Å². The number of carbonyl (C=O) groups is 1. The van der Waals surface area contributed by atoms with E-state index in [1.54, 1.807) is 12.1 Å². The molecule has 0 aliphatic carbocycles. The molecule has 0 amide bonds. The molecule has 0 saturated heterocycles. The average molecular weight is 275 g/mol. The van der Waals surface area contributed by atoms with Gasteiger partial charge in [-0.3, -0.25) is 14.9 Å². The van der Waals surface area contributed by atoms with Crippen molar-refractivity contribution < 1.29 is 18.8 Å². The van der Waals surface area contributed by atoms with Gasteiger partial charge in [-0.15, -0.1) is 0 Å². The van der Waals surface area contributed by atoms with E-state index in [1.807, 2.05) is 0 Å². The van der Waals surface area contributed by atoms with Gasteiger partial charge in [-0.05, 0) is 25.1 Å². The number of rotatable bonds is 4. The molecule has 0 radical (unpaired) electrons. The lowest BCUT2D eigenvalue weighted by Gasteiger charge is -2.08. The van der Waals surface area contributed by atoms with Crippen LogP contribution in [0.5, 0.6) is 11.5 Å². The number of nitro groups is 1. The molecule has 0 atom stereocenters. The molecule has 0 saturated carbocycles. The highest BCUT2D eigenvalue weighted by Gasteiger charge is 2.20. The van der Waals surface area contributed by atoms with Gasteiger partial charge in [0.05, 0.1) is 4.92 Å². The number of nitro benzene ring substituents is 1. The molecule has 0 aliphatic heterocycles. The molecule has 6 heteroatoms. The number of ether oxygens (including phenoxy) is 1. The van der Waals surface area contributed by atoms with Crippen molar-refractivity contribution in [2.75, 3.05) is 0 Å². The Bertz CT molecular complexity index is 685. The summed E-state index contributed by atoms with van der Waals surface area (Å²) in [6, 6.07) is 9.46. The van der Waals surface area contributed by atoms with E-state index in [2.05, 4.69) is 0 Å². The van der Waals surface area contributed by atoms with Crippen LogP contribution in [0.2, 0.25) is 0 Å². The van der Waals surface area contributed by atoms with Crippen LogP contribution < -0.4 is 4.74 Å². The number of nitrogens with zero attached hydrogens (tertiary/aromatic N) is 1. The lowest BCUT2D eigenvalue weighted by Crippen LogP contribution is -1.97. The molecule has 2 aromatic rings. The second-order valence-electron chi connectivity index (χ2n) is 4.03. The van der Waals surface area contributed by atoms with Crippen molar-refractivity contribution in [3.8, 4) is 11.5 Å². The van der Waals surface area contributed by atoms with Crippen molar-refractivity contribution in [2.24, 2.45) is 0 Å². The highest BCUT2D eigenvalue weighted by Crippen LogP contribution is 2.33. The smallest absolute Gasteiger partial charge is 0.314 e. The summed E-state index contributed by atoms with van der Waals surface area (Å²) in [5, 5.41) is 10.8. The molecule has 0 heterocycles. The minimum absolute atomic E-state index is 0.158. The quantitative estimate of drug-likeness (QED) is 0.484. The van der Waals surface area contributed by atoms with Crippen LogP contribution in [-0.4, -0.2) is 10.7 Å². The van der Waals surface area contributed by atoms with Crippen LogP contribution in [0.1, 0.15) is 17.3 Å². The SMILES string of the molecule is CC(=O)c1cccc(Oc2c(F)cccc2[N+](=O)[O-])c1. The van der Waals surface area contributed by atoms with Gasteiger partial charge < -0.3 is 4.74 Å². The van der Waals surface area contributed by atoms with E-state index in [0.717, 1.165) is 12.1 Å². The van der Waals surface area contributed by atoms with Crippen molar-refractivity contribution in [3.05, 3.63) is 64.0 Å². The maximum absolute atomic E-state index is 13.7. The summed E-state index contributed by atoms with van der Waals surface area (Å²) in [6.07, 6.45) is 0. The first-order valence-electron chi connectivity index (χ1n) is 5.71. The van der Waals surface area contributed by atoms with Gasteiger partial charge in [-0.1, -0.05) is 18.2 Å². The number of Topliss-reactive ketones (excluding diaryl/α,β-unsaturated/α-hetero) is 1. The average Bonchev–Trinajstić information content (AvgIpc) is 2.41. The molecule has 20 heavy (non-hydrogen) atoms. The number of hydrogen-bond donors (Lipinski definition) is 0. The van der Waals surface area contributed by atoms with Crippen LogP contribution in [0.4, 0.5) is 10.1 Å². The summed E-state index contributed by atoms with van der Waals surface area (Å²) in [4.78, 5) is 21.4. The third-order valence-corrected chi connectivity index (χ3v) is 2.60. The Balaban J connectivity index is 2.42. The summed E-state index contributed by atoms with van der Waals surface area (Å²) < 4.78 is 18.9. The zero-order valence-electron chi connectivity index (χ0n) is 10.5. The zero-order valence-corrected chi connectivity index (χ0v) is 10.5. The standard InChI is InChI=1S/C14H10FNO4/c1-9(17)10-4-2-5-11(8-10)20-14-12(15)6-3-7-13(14)16(18)19/h2-8H,1H3. The topological polar surface area (TPSA) is 69.4 Å². The Hall–Kier alpha value is -2.76. The second kappa shape index (κ2) is 5.48. The third kappa shape index (κ3) is 2.80. The zero-order chi connectivity index (χ0) is 14.7. The molecule has 2 rings (SSSR count). The van der Waals surface area contributed by atoms with Crippen LogP contribution in [-0.2, 0) is 0 Å². The number of carbonyl (C=O) groups excluding carboxylic acids is 1. The molecule has 0 fully saturated rings. The van der Waals surface area contributed by atoms with E-state index in [1.165, 1.54) is 25.1 Å². The number of ketones is 1. The summed E-state index contributed by atoms with van der Waals surface area (Å²) in [5.41, 5.74) is -0.0975. The van der Waals surface area contributed by atoms with Crippen LogP contribution in [0.25, 0.3) is 0 Å². The number of hydrogen-bond acceptors (Lipinski definition) is 4. The van der Waals surface area contributed by atoms with E-state index in [9.17, 15) is 19.3 Å². The molecule has 0 N–H and O–H groups in total. The van der Waals surface area contributed by atoms with Crippen LogP contribution in [0.3, 0.4) is 0 Å². The van der Waals surface area contributed by atoms with Gasteiger partial charge in [0.1, 0.15) is 5.75 Å². The van der Waals surface area contributed by atoms with Gasteiger partial charge in [0.25, 0.3) is 0 Å². The number of halogens is 1. The first-order valence-corrected chi connectivity index (χ1v) is 5.71. The van der Waals surface area contributed by atoms with E-state index < -0.39 is 22.2 Å². The minimum Gasteiger partial charge on any atom is -0.447 e. The number of benzene rings is 2.